The summed E-state index contributed by atoms with van der Waals surface area (Å²) >= 11 is 0. The Hall–Kier alpha value is -2.59. The van der Waals surface area contributed by atoms with Gasteiger partial charge in [-0.1, -0.05) is 24.3 Å². The third kappa shape index (κ3) is 5.76. The van der Waals surface area contributed by atoms with Crippen molar-refractivity contribution in [3.63, 3.8) is 0 Å². The Morgan fingerprint density at radius 1 is 0.742 bits per heavy atom. The molecule has 0 saturated heterocycles. The predicted octanol–water partition coefficient (Wildman–Crippen LogP) is 0.993. The van der Waals surface area contributed by atoms with Gasteiger partial charge in [-0.3, -0.25) is 14.4 Å². The van der Waals surface area contributed by atoms with Crippen LogP contribution in [-0.4, -0.2) is 102 Å². The van der Waals surface area contributed by atoms with E-state index in [2.05, 4.69) is 0 Å². The highest BCUT2D eigenvalue weighted by Gasteiger charge is 2.39. The molecule has 0 N–H and O–H groups in total. The van der Waals surface area contributed by atoms with Crippen LogP contribution in [0, 0.1) is 0 Å². The number of rotatable bonds is 13. The van der Waals surface area contributed by atoms with E-state index in [0.717, 1.165) is 0 Å². The maximum absolute atomic E-state index is 13.6. The molecule has 0 saturated carbocycles. The minimum absolute atomic E-state index is 0.0232. The number of ether oxygens (including phenoxy) is 4. The van der Waals surface area contributed by atoms with Crippen LogP contribution in [0.2, 0.25) is 0 Å². The summed E-state index contributed by atoms with van der Waals surface area (Å²) in [5.74, 6) is -1.17. The van der Waals surface area contributed by atoms with Gasteiger partial charge >= 0.3 is 0 Å². The second-order valence-corrected chi connectivity index (χ2v) is 6.84. The molecule has 1 amide bonds. The first-order valence-corrected chi connectivity index (χ1v) is 9.95. The summed E-state index contributed by atoms with van der Waals surface area (Å²) in [6.45, 7) is 1.39. The average Bonchev–Trinajstić information content (AvgIpc) is 2.78. The molecule has 0 atom stereocenters. The van der Waals surface area contributed by atoms with Crippen molar-refractivity contribution in [3.05, 3.63) is 46.8 Å². The number of carbonyl (C=O) groups is 3. The largest absolute Gasteiger partial charge is 0.383 e. The van der Waals surface area contributed by atoms with Crippen LogP contribution in [0.15, 0.2) is 35.7 Å². The SMILES string of the molecule is COCCN(CCOC)C1=C(N(CCOC)C(=O)COC)C(=O)c2ccccc2C1=O. The van der Waals surface area contributed by atoms with E-state index in [0.29, 0.717) is 31.9 Å². The van der Waals surface area contributed by atoms with E-state index in [1.807, 2.05) is 0 Å². The van der Waals surface area contributed by atoms with Crippen LogP contribution in [0.3, 0.4) is 0 Å². The predicted molar refractivity (Wildman–Crippen MR) is 113 cm³/mol. The summed E-state index contributed by atoms with van der Waals surface area (Å²) < 4.78 is 20.5. The van der Waals surface area contributed by atoms with Crippen molar-refractivity contribution < 1.29 is 33.3 Å². The molecule has 0 heterocycles. The van der Waals surface area contributed by atoms with Gasteiger partial charge in [-0.05, 0) is 0 Å². The lowest BCUT2D eigenvalue weighted by Gasteiger charge is -2.35. The summed E-state index contributed by atoms with van der Waals surface area (Å²) in [7, 11) is 6.01. The van der Waals surface area contributed by atoms with Crippen molar-refractivity contribution in [2.24, 2.45) is 0 Å². The van der Waals surface area contributed by atoms with Gasteiger partial charge in [0.25, 0.3) is 5.91 Å². The molecule has 170 valence electrons. The molecule has 0 aliphatic heterocycles. The zero-order valence-electron chi connectivity index (χ0n) is 18.5. The molecule has 1 aromatic rings. The summed E-state index contributed by atoms with van der Waals surface area (Å²) in [6.07, 6.45) is 0. The molecule has 0 radical (unpaired) electrons. The quantitative estimate of drug-likeness (QED) is 0.454. The van der Waals surface area contributed by atoms with Crippen molar-refractivity contribution in [3.8, 4) is 0 Å². The van der Waals surface area contributed by atoms with Gasteiger partial charge in [-0.2, -0.15) is 0 Å². The van der Waals surface area contributed by atoms with Gasteiger partial charge in [0, 0.05) is 59.2 Å². The molecular weight excluding hydrogens is 404 g/mol. The Bertz CT molecular complexity index is 814. The standard InChI is InChI=1S/C22H30N2O7/c1-28-12-9-23(10-13-29-2)19-20(24(11-14-30-3)18(25)15-31-4)22(27)17-8-6-5-7-16(17)21(19)26/h5-8H,9-15H2,1-4H3. The maximum Gasteiger partial charge on any atom is 0.253 e. The summed E-state index contributed by atoms with van der Waals surface area (Å²) in [5.41, 5.74) is 0.739. The number of nitrogens with zero attached hydrogens (tertiary/aromatic N) is 2. The molecule has 9 nitrogen and oxygen atoms in total. The van der Waals surface area contributed by atoms with Crippen molar-refractivity contribution in [1.82, 2.24) is 9.80 Å². The Kier molecular flexibility index (Phi) is 9.80. The lowest BCUT2D eigenvalue weighted by atomic mass is 9.89. The molecule has 0 unspecified atom stereocenters. The first-order valence-electron chi connectivity index (χ1n) is 9.95. The number of hydrogen-bond acceptors (Lipinski definition) is 8. The molecule has 2 rings (SSSR count). The summed E-state index contributed by atoms with van der Waals surface area (Å²) in [5, 5.41) is 0. The Balaban J connectivity index is 2.69. The number of benzene rings is 1. The Morgan fingerprint density at radius 2 is 1.23 bits per heavy atom. The first-order chi connectivity index (χ1) is 15.0. The number of methoxy groups -OCH3 is 4. The van der Waals surface area contributed by atoms with Crippen LogP contribution >= 0.6 is 0 Å². The topological polar surface area (TPSA) is 94.6 Å². The number of fused-ring (bicyclic) bond motifs is 1. The van der Waals surface area contributed by atoms with Gasteiger partial charge in [0.15, 0.2) is 0 Å². The zero-order chi connectivity index (χ0) is 22.8. The van der Waals surface area contributed by atoms with E-state index in [9.17, 15) is 14.4 Å². The van der Waals surface area contributed by atoms with Gasteiger partial charge in [0.1, 0.15) is 18.0 Å². The van der Waals surface area contributed by atoms with E-state index in [1.165, 1.54) is 19.1 Å². The van der Waals surface area contributed by atoms with Gasteiger partial charge in [-0.15, -0.1) is 0 Å². The van der Waals surface area contributed by atoms with E-state index >= 15 is 0 Å². The highest BCUT2D eigenvalue weighted by molar-refractivity contribution is 6.27. The van der Waals surface area contributed by atoms with Gasteiger partial charge < -0.3 is 28.7 Å². The summed E-state index contributed by atoms with van der Waals surface area (Å²) in [6, 6.07) is 6.61. The number of carbonyl (C=O) groups excluding carboxylic acids is 3. The van der Waals surface area contributed by atoms with Crippen molar-refractivity contribution in [2.75, 3.05) is 74.5 Å². The van der Waals surface area contributed by atoms with E-state index < -0.39 is 11.7 Å². The number of allylic oxidation sites excluding steroid dienone is 2. The number of ketones is 2. The van der Waals surface area contributed by atoms with Crippen LogP contribution in [-0.2, 0) is 23.7 Å². The minimum Gasteiger partial charge on any atom is -0.383 e. The zero-order valence-corrected chi connectivity index (χ0v) is 18.5. The molecule has 9 heteroatoms. The number of amides is 1. The molecular formula is C22H30N2O7. The fourth-order valence-electron chi connectivity index (χ4n) is 3.38. The smallest absolute Gasteiger partial charge is 0.253 e. The van der Waals surface area contributed by atoms with Crippen LogP contribution in [0.4, 0.5) is 0 Å². The van der Waals surface area contributed by atoms with Crippen LogP contribution in [0.1, 0.15) is 20.7 Å². The molecule has 0 spiro atoms. The van der Waals surface area contributed by atoms with E-state index in [4.69, 9.17) is 18.9 Å². The van der Waals surface area contributed by atoms with Gasteiger partial charge in [0.05, 0.1) is 19.8 Å². The van der Waals surface area contributed by atoms with Crippen LogP contribution in [0.5, 0.6) is 0 Å². The Labute approximate surface area is 182 Å². The molecule has 1 aliphatic rings. The highest BCUT2D eigenvalue weighted by Crippen LogP contribution is 2.30. The van der Waals surface area contributed by atoms with Crippen molar-refractivity contribution in [1.29, 1.82) is 0 Å². The first kappa shape index (κ1) is 24.7. The summed E-state index contributed by atoms with van der Waals surface area (Å²) in [4.78, 5) is 43.0. The molecule has 31 heavy (non-hydrogen) atoms. The average molecular weight is 434 g/mol. The van der Waals surface area contributed by atoms with Gasteiger partial charge in [-0.25, -0.2) is 0 Å². The number of hydrogen-bond donors (Lipinski definition) is 0. The molecule has 0 fully saturated rings. The molecule has 0 aromatic heterocycles. The Morgan fingerprint density at radius 3 is 1.71 bits per heavy atom. The fraction of sp³-hybridized carbons (Fsp3) is 0.500. The lowest BCUT2D eigenvalue weighted by molar-refractivity contribution is -0.133. The fourth-order valence-corrected chi connectivity index (χ4v) is 3.38. The minimum atomic E-state index is -0.439. The molecule has 1 aliphatic carbocycles. The highest BCUT2D eigenvalue weighted by atomic mass is 16.5. The second-order valence-electron chi connectivity index (χ2n) is 6.84. The molecule has 1 aromatic carbocycles. The van der Waals surface area contributed by atoms with Crippen LogP contribution < -0.4 is 0 Å². The monoisotopic (exact) mass is 434 g/mol. The van der Waals surface area contributed by atoms with Crippen molar-refractivity contribution in [2.45, 2.75) is 0 Å². The normalized spacial score (nSPS) is 13.4. The maximum atomic E-state index is 13.6. The lowest BCUT2D eigenvalue weighted by Crippen LogP contribution is -2.46. The van der Waals surface area contributed by atoms with Crippen molar-refractivity contribution >= 4 is 17.5 Å². The third-order valence-electron chi connectivity index (χ3n) is 4.88. The van der Waals surface area contributed by atoms with E-state index in [-0.39, 0.29) is 42.5 Å². The molecule has 0 bridgehead atoms. The van der Waals surface area contributed by atoms with E-state index in [1.54, 1.807) is 43.4 Å². The second kappa shape index (κ2) is 12.3. The number of Topliss-reactive ketones (excluding diaryl/α,β-unsaturated/α-hetero) is 2. The third-order valence-corrected chi connectivity index (χ3v) is 4.88. The van der Waals surface area contributed by atoms with Gasteiger partial charge in [0.2, 0.25) is 11.6 Å². The van der Waals surface area contributed by atoms with Crippen LogP contribution in [0.25, 0.3) is 0 Å².